The standard InChI is InChI=1S/C34H42F4O2/c1-3-5-21-39-27-16-13-25(14-17-27)29-19-18-28(32(36)33(29)37)24-10-7-23(8-11-24)9-12-26-15-20-30(34(38)31(26)35)40-22-6-4-2/h4,9,12,15,18-20,23-25,27H,2-3,5-8,10-11,13-14,16-17,21-22H2,1H3/b12-9+. The Morgan fingerprint density at radius 2 is 1.40 bits per heavy atom. The summed E-state index contributed by atoms with van der Waals surface area (Å²) in [4.78, 5) is 0. The third-order valence-electron chi connectivity index (χ3n) is 8.52. The van der Waals surface area contributed by atoms with Crippen LogP contribution in [0.5, 0.6) is 5.75 Å². The van der Waals surface area contributed by atoms with E-state index in [9.17, 15) is 8.78 Å². The van der Waals surface area contributed by atoms with Crippen LogP contribution < -0.4 is 4.74 Å². The van der Waals surface area contributed by atoms with Gasteiger partial charge in [0.15, 0.2) is 23.2 Å². The van der Waals surface area contributed by atoms with E-state index in [-0.39, 0.29) is 41.8 Å². The number of benzene rings is 2. The highest BCUT2D eigenvalue weighted by atomic mass is 19.2. The minimum absolute atomic E-state index is 0.0356. The summed E-state index contributed by atoms with van der Waals surface area (Å²) in [5, 5.41) is 0. The fourth-order valence-electron chi connectivity index (χ4n) is 6.05. The van der Waals surface area contributed by atoms with Gasteiger partial charge in [-0.15, -0.1) is 6.58 Å². The van der Waals surface area contributed by atoms with Crippen molar-refractivity contribution in [2.75, 3.05) is 13.2 Å². The van der Waals surface area contributed by atoms with E-state index in [0.717, 1.165) is 70.8 Å². The Bertz CT molecular complexity index is 1150. The smallest absolute Gasteiger partial charge is 0.201 e. The van der Waals surface area contributed by atoms with Gasteiger partial charge in [0, 0.05) is 12.2 Å². The second kappa shape index (κ2) is 14.9. The quantitative estimate of drug-likeness (QED) is 0.147. The highest BCUT2D eigenvalue weighted by molar-refractivity contribution is 5.52. The lowest BCUT2D eigenvalue weighted by molar-refractivity contribution is 0.0230. The summed E-state index contributed by atoms with van der Waals surface area (Å²) >= 11 is 0. The minimum atomic E-state index is -0.996. The van der Waals surface area contributed by atoms with Crippen LogP contribution in [0, 0.1) is 29.2 Å². The lowest BCUT2D eigenvalue weighted by Gasteiger charge is -2.30. The highest BCUT2D eigenvalue weighted by Gasteiger charge is 2.29. The van der Waals surface area contributed by atoms with Gasteiger partial charge in [0.2, 0.25) is 5.82 Å². The van der Waals surface area contributed by atoms with Gasteiger partial charge in [-0.3, -0.25) is 0 Å². The van der Waals surface area contributed by atoms with E-state index in [0.29, 0.717) is 17.5 Å². The van der Waals surface area contributed by atoms with Gasteiger partial charge in [-0.1, -0.05) is 43.7 Å². The van der Waals surface area contributed by atoms with Gasteiger partial charge >= 0.3 is 0 Å². The normalized spacial score (nSPS) is 23.4. The molecular formula is C34H42F4O2. The van der Waals surface area contributed by atoms with Gasteiger partial charge in [0.1, 0.15) is 0 Å². The Labute approximate surface area is 236 Å². The van der Waals surface area contributed by atoms with Crippen molar-refractivity contribution in [2.24, 2.45) is 5.92 Å². The van der Waals surface area contributed by atoms with E-state index in [1.807, 2.05) is 6.08 Å². The van der Waals surface area contributed by atoms with Crippen LogP contribution in [0.4, 0.5) is 17.6 Å². The molecule has 0 saturated heterocycles. The maximum absolute atomic E-state index is 15.3. The molecule has 2 nitrogen and oxygen atoms in total. The third kappa shape index (κ3) is 7.57. The number of ether oxygens (including phenoxy) is 2. The molecule has 2 aliphatic carbocycles. The fourth-order valence-corrected chi connectivity index (χ4v) is 6.05. The molecule has 218 valence electrons. The first-order valence-corrected chi connectivity index (χ1v) is 14.9. The van der Waals surface area contributed by atoms with E-state index >= 15 is 8.78 Å². The monoisotopic (exact) mass is 558 g/mol. The van der Waals surface area contributed by atoms with E-state index < -0.39 is 23.3 Å². The summed E-state index contributed by atoms with van der Waals surface area (Å²) in [6, 6.07) is 6.53. The molecule has 4 rings (SSSR count). The van der Waals surface area contributed by atoms with Gasteiger partial charge in [-0.05, 0) is 105 Å². The van der Waals surface area contributed by atoms with Gasteiger partial charge in [0.25, 0.3) is 0 Å². The van der Waals surface area contributed by atoms with E-state index in [2.05, 4.69) is 13.5 Å². The zero-order chi connectivity index (χ0) is 28.5. The van der Waals surface area contributed by atoms with Crippen LogP contribution in [0.25, 0.3) is 6.08 Å². The maximum atomic E-state index is 15.3. The van der Waals surface area contributed by atoms with Gasteiger partial charge in [-0.2, -0.15) is 4.39 Å². The molecule has 0 amide bonds. The predicted molar refractivity (Wildman–Crippen MR) is 153 cm³/mol. The molecule has 2 aromatic carbocycles. The molecule has 0 spiro atoms. The van der Waals surface area contributed by atoms with E-state index in [1.165, 1.54) is 12.1 Å². The van der Waals surface area contributed by atoms with Crippen LogP contribution in [-0.2, 0) is 4.74 Å². The Morgan fingerprint density at radius 3 is 2.00 bits per heavy atom. The Morgan fingerprint density at radius 1 is 0.775 bits per heavy atom. The van der Waals surface area contributed by atoms with Crippen molar-refractivity contribution >= 4 is 6.08 Å². The average molecular weight is 559 g/mol. The zero-order valence-electron chi connectivity index (χ0n) is 23.6. The molecule has 0 heterocycles. The Balaban J connectivity index is 1.31. The average Bonchev–Trinajstić information content (AvgIpc) is 2.97. The molecule has 40 heavy (non-hydrogen) atoms. The van der Waals surface area contributed by atoms with Crippen LogP contribution in [0.2, 0.25) is 0 Å². The van der Waals surface area contributed by atoms with Crippen molar-refractivity contribution in [3.8, 4) is 5.75 Å². The maximum Gasteiger partial charge on any atom is 0.201 e. The predicted octanol–water partition coefficient (Wildman–Crippen LogP) is 10.0. The van der Waals surface area contributed by atoms with E-state index in [1.54, 1.807) is 24.3 Å². The third-order valence-corrected chi connectivity index (χ3v) is 8.52. The number of unbranched alkanes of at least 4 members (excludes halogenated alkanes) is 1. The molecule has 2 fully saturated rings. The summed E-state index contributed by atoms with van der Waals surface area (Å²) < 4.78 is 70.6. The fraction of sp³-hybridized carbons (Fsp3) is 0.529. The largest absolute Gasteiger partial charge is 0.490 e. The van der Waals surface area contributed by atoms with Crippen LogP contribution in [-0.4, -0.2) is 19.3 Å². The molecule has 0 aromatic heterocycles. The SMILES string of the molecule is C=CCCOc1ccc(/C=C/C2CCC(c3ccc(C4CCC(OCCCC)CC4)c(F)c3F)CC2)c(F)c1F. The molecule has 0 atom stereocenters. The molecule has 2 aliphatic rings. The molecule has 0 aliphatic heterocycles. The minimum Gasteiger partial charge on any atom is -0.490 e. The molecule has 2 aromatic rings. The zero-order valence-corrected chi connectivity index (χ0v) is 23.6. The lowest BCUT2D eigenvalue weighted by atomic mass is 9.77. The van der Waals surface area contributed by atoms with Crippen LogP contribution in [0.1, 0.15) is 106 Å². The molecular weight excluding hydrogens is 516 g/mol. The Kier molecular flexibility index (Phi) is 11.3. The summed E-state index contributed by atoms with van der Waals surface area (Å²) in [5.41, 5.74) is 1.12. The number of allylic oxidation sites excluding steroid dienone is 1. The van der Waals surface area contributed by atoms with Crippen molar-refractivity contribution in [2.45, 2.75) is 95.5 Å². The van der Waals surface area contributed by atoms with Crippen LogP contribution in [0.15, 0.2) is 43.0 Å². The van der Waals surface area contributed by atoms with E-state index in [4.69, 9.17) is 9.47 Å². The first-order valence-electron chi connectivity index (χ1n) is 14.9. The van der Waals surface area contributed by atoms with Crippen LogP contribution in [0.3, 0.4) is 0 Å². The molecule has 0 radical (unpaired) electrons. The van der Waals surface area contributed by atoms with Gasteiger partial charge < -0.3 is 9.47 Å². The highest BCUT2D eigenvalue weighted by Crippen LogP contribution is 2.41. The number of halogens is 4. The van der Waals surface area contributed by atoms with Crippen molar-refractivity contribution in [3.05, 3.63) is 83.0 Å². The summed E-state index contributed by atoms with van der Waals surface area (Å²) in [7, 11) is 0. The number of hydrogen-bond donors (Lipinski definition) is 0. The molecule has 0 N–H and O–H groups in total. The molecule has 6 heteroatoms. The first-order chi connectivity index (χ1) is 19.4. The second-order valence-corrected chi connectivity index (χ2v) is 11.2. The summed E-state index contributed by atoms with van der Waals surface area (Å²) in [6.07, 6.45) is 14.5. The number of rotatable bonds is 12. The summed E-state index contributed by atoms with van der Waals surface area (Å²) in [6.45, 7) is 6.73. The molecule has 0 unspecified atom stereocenters. The van der Waals surface area contributed by atoms with Crippen molar-refractivity contribution in [1.29, 1.82) is 0 Å². The Hall–Kier alpha value is -2.60. The number of hydrogen-bond acceptors (Lipinski definition) is 2. The van der Waals surface area contributed by atoms with Gasteiger partial charge in [-0.25, -0.2) is 13.2 Å². The van der Waals surface area contributed by atoms with Gasteiger partial charge in [0.05, 0.1) is 12.7 Å². The topological polar surface area (TPSA) is 18.5 Å². The van der Waals surface area contributed by atoms with Crippen molar-refractivity contribution in [1.82, 2.24) is 0 Å². The lowest BCUT2D eigenvalue weighted by Crippen LogP contribution is -2.22. The second-order valence-electron chi connectivity index (χ2n) is 11.2. The molecule has 2 saturated carbocycles. The van der Waals surface area contributed by atoms with Crippen LogP contribution >= 0.6 is 0 Å². The molecule has 0 bridgehead atoms. The summed E-state index contributed by atoms with van der Waals surface area (Å²) in [5.74, 6) is -3.27. The van der Waals surface area contributed by atoms with Crippen molar-refractivity contribution < 1.29 is 27.0 Å². The van der Waals surface area contributed by atoms with Crippen molar-refractivity contribution in [3.63, 3.8) is 0 Å². The first kappa shape index (κ1) is 30.4.